The normalized spacial score (nSPS) is 11.1. The second-order valence-corrected chi connectivity index (χ2v) is 7.98. The maximum atomic E-state index is 12.2. The third-order valence-electron chi connectivity index (χ3n) is 3.80. The maximum absolute atomic E-state index is 12.2. The van der Waals surface area contributed by atoms with Crippen molar-refractivity contribution in [2.75, 3.05) is 0 Å². The highest BCUT2D eigenvalue weighted by Gasteiger charge is 2.06. The highest BCUT2D eigenvalue weighted by atomic mass is 32.2. The van der Waals surface area contributed by atoms with E-state index in [9.17, 15) is 4.79 Å². The predicted molar refractivity (Wildman–Crippen MR) is 112 cm³/mol. The summed E-state index contributed by atoms with van der Waals surface area (Å²) in [4.78, 5) is 22.1. The van der Waals surface area contributed by atoms with Gasteiger partial charge in [-0.3, -0.25) is 4.79 Å². The second-order valence-electron chi connectivity index (χ2n) is 6.09. The Hall–Kier alpha value is -2.51. The number of thiophene rings is 1. The monoisotopic (exact) mass is 396 g/mol. The lowest BCUT2D eigenvalue weighted by Gasteiger charge is -2.04. The van der Waals surface area contributed by atoms with Gasteiger partial charge < -0.3 is 0 Å². The maximum Gasteiger partial charge on any atom is 0.271 e. The molecule has 0 bridgehead atoms. The average molecular weight is 397 g/mol. The second kappa shape index (κ2) is 8.92. The first-order chi connectivity index (χ1) is 13.0. The summed E-state index contributed by atoms with van der Waals surface area (Å²) >= 11 is 3.18. The summed E-state index contributed by atoms with van der Waals surface area (Å²) in [6.45, 7) is 5.95. The zero-order chi connectivity index (χ0) is 19.2. The van der Waals surface area contributed by atoms with E-state index in [1.54, 1.807) is 41.4 Å². The molecule has 2 heterocycles. The number of nitrogens with one attached hydrogen (secondary N) is 1. The van der Waals surface area contributed by atoms with Crippen LogP contribution in [0, 0.1) is 20.8 Å². The Balaban J connectivity index is 1.55. The fraction of sp³-hybridized carbons (Fsp3) is 0.200. The first-order valence-corrected chi connectivity index (χ1v) is 10.3. The fourth-order valence-corrected chi connectivity index (χ4v) is 4.08. The van der Waals surface area contributed by atoms with Crippen LogP contribution in [-0.2, 0) is 5.75 Å². The number of benzene rings is 1. The molecule has 0 saturated carbocycles. The van der Waals surface area contributed by atoms with Crippen molar-refractivity contribution in [3.05, 3.63) is 74.7 Å². The van der Waals surface area contributed by atoms with E-state index in [1.807, 2.05) is 50.4 Å². The minimum atomic E-state index is -0.225. The van der Waals surface area contributed by atoms with Gasteiger partial charge in [-0.1, -0.05) is 23.9 Å². The van der Waals surface area contributed by atoms with Crippen LogP contribution >= 0.6 is 23.1 Å². The number of hydrogen-bond donors (Lipinski definition) is 1. The quantitative estimate of drug-likeness (QED) is 0.288. The number of amides is 1. The van der Waals surface area contributed by atoms with E-state index in [-0.39, 0.29) is 5.91 Å². The van der Waals surface area contributed by atoms with E-state index in [0.717, 1.165) is 38.3 Å². The lowest BCUT2D eigenvalue weighted by atomic mass is 10.1. The Morgan fingerprint density at radius 3 is 2.48 bits per heavy atom. The van der Waals surface area contributed by atoms with Gasteiger partial charge >= 0.3 is 0 Å². The molecule has 0 spiro atoms. The van der Waals surface area contributed by atoms with Gasteiger partial charge in [0.1, 0.15) is 0 Å². The summed E-state index contributed by atoms with van der Waals surface area (Å²) in [5, 5.41) is 6.80. The summed E-state index contributed by atoms with van der Waals surface area (Å²) in [6.07, 6.45) is 1.67. The van der Waals surface area contributed by atoms with E-state index >= 15 is 0 Å². The molecule has 0 radical (unpaired) electrons. The van der Waals surface area contributed by atoms with Crippen molar-refractivity contribution in [3.63, 3.8) is 0 Å². The van der Waals surface area contributed by atoms with Crippen LogP contribution in [0.5, 0.6) is 0 Å². The van der Waals surface area contributed by atoms with Crippen LogP contribution in [0.15, 0.2) is 52.0 Å². The third-order valence-corrected chi connectivity index (χ3v) is 5.67. The molecule has 1 aromatic carbocycles. The van der Waals surface area contributed by atoms with Crippen molar-refractivity contribution in [2.24, 2.45) is 5.10 Å². The molecule has 0 fully saturated rings. The van der Waals surface area contributed by atoms with Crippen molar-refractivity contribution >= 4 is 35.2 Å². The van der Waals surface area contributed by atoms with Crippen molar-refractivity contribution in [1.29, 1.82) is 0 Å². The van der Waals surface area contributed by atoms with Crippen LogP contribution in [0.1, 0.15) is 37.7 Å². The van der Waals surface area contributed by atoms with Crippen LogP contribution in [0.25, 0.3) is 0 Å². The lowest BCUT2D eigenvalue weighted by Crippen LogP contribution is -2.17. The largest absolute Gasteiger partial charge is 0.271 e. The van der Waals surface area contributed by atoms with Crippen molar-refractivity contribution in [1.82, 2.24) is 15.4 Å². The molecule has 1 N–H and O–H groups in total. The van der Waals surface area contributed by atoms with Crippen molar-refractivity contribution in [2.45, 2.75) is 31.7 Å². The number of rotatable bonds is 6. The van der Waals surface area contributed by atoms with Gasteiger partial charge in [0.25, 0.3) is 5.91 Å². The number of hydrazone groups is 1. The van der Waals surface area contributed by atoms with Gasteiger partial charge in [-0.05, 0) is 61.5 Å². The van der Waals surface area contributed by atoms with Gasteiger partial charge in [0.15, 0.2) is 5.16 Å². The van der Waals surface area contributed by atoms with Gasteiger partial charge in [-0.25, -0.2) is 15.4 Å². The molecule has 2 aromatic heterocycles. The van der Waals surface area contributed by atoms with Gasteiger partial charge in [0, 0.05) is 27.6 Å². The molecule has 0 unspecified atom stereocenters. The highest BCUT2D eigenvalue weighted by Crippen LogP contribution is 2.20. The van der Waals surface area contributed by atoms with Crippen LogP contribution in [-0.4, -0.2) is 22.1 Å². The first kappa shape index (κ1) is 19.3. The van der Waals surface area contributed by atoms with E-state index in [4.69, 9.17) is 0 Å². The molecule has 1 amide bonds. The first-order valence-electron chi connectivity index (χ1n) is 8.43. The number of aromatic nitrogens is 2. The number of aryl methyl sites for hydroxylation is 3. The van der Waals surface area contributed by atoms with Gasteiger partial charge in [-0.15, -0.1) is 11.3 Å². The number of thioether (sulfide) groups is 1. The molecule has 0 aliphatic carbocycles. The van der Waals surface area contributed by atoms with Crippen LogP contribution < -0.4 is 5.43 Å². The zero-order valence-corrected chi connectivity index (χ0v) is 17.0. The Kier molecular flexibility index (Phi) is 6.36. The molecule has 5 nitrogen and oxygen atoms in total. The molecule has 0 aliphatic rings. The van der Waals surface area contributed by atoms with E-state index in [1.165, 1.54) is 0 Å². The molecule has 0 saturated heterocycles. The highest BCUT2D eigenvalue weighted by molar-refractivity contribution is 7.98. The number of hydrogen-bond acceptors (Lipinski definition) is 6. The number of carbonyl (C=O) groups excluding carboxylic acids is 1. The fourth-order valence-electron chi connectivity index (χ4n) is 2.39. The molecule has 27 heavy (non-hydrogen) atoms. The van der Waals surface area contributed by atoms with Crippen LogP contribution in [0.2, 0.25) is 0 Å². The van der Waals surface area contributed by atoms with Crippen LogP contribution in [0.4, 0.5) is 0 Å². The summed E-state index contributed by atoms with van der Waals surface area (Å²) in [7, 11) is 0. The minimum Gasteiger partial charge on any atom is -0.267 e. The van der Waals surface area contributed by atoms with Crippen molar-refractivity contribution < 1.29 is 4.79 Å². The molecular weight excluding hydrogens is 376 g/mol. The smallest absolute Gasteiger partial charge is 0.267 e. The Bertz CT molecular complexity index is 944. The van der Waals surface area contributed by atoms with Crippen molar-refractivity contribution in [3.8, 4) is 0 Å². The standard InChI is InChI=1S/C20H20N4OS2/c1-13-8-9-26-18(13)11-21-24-19(25)17-6-4-16(5-7-17)12-27-20-22-14(2)10-15(3)23-20/h4-11H,12H2,1-3H3,(H,24,25)/b21-11-. The van der Waals surface area contributed by atoms with E-state index in [2.05, 4.69) is 20.5 Å². The Morgan fingerprint density at radius 1 is 1.15 bits per heavy atom. The summed E-state index contributed by atoms with van der Waals surface area (Å²) in [6, 6.07) is 11.5. The number of carbonyl (C=O) groups is 1. The summed E-state index contributed by atoms with van der Waals surface area (Å²) in [5.74, 6) is 0.526. The molecule has 138 valence electrons. The predicted octanol–water partition coefficient (Wildman–Crippen LogP) is 4.52. The topological polar surface area (TPSA) is 67.2 Å². The lowest BCUT2D eigenvalue weighted by molar-refractivity contribution is 0.0955. The Labute approximate surface area is 167 Å². The zero-order valence-electron chi connectivity index (χ0n) is 15.4. The average Bonchev–Trinajstić information content (AvgIpc) is 3.04. The molecule has 3 rings (SSSR count). The molecule has 0 aliphatic heterocycles. The van der Waals surface area contributed by atoms with Gasteiger partial charge in [0.05, 0.1) is 6.21 Å². The molecule has 7 heteroatoms. The molecule has 0 atom stereocenters. The van der Waals surface area contributed by atoms with Gasteiger partial charge in [-0.2, -0.15) is 5.10 Å². The molecular formula is C20H20N4OS2. The third kappa shape index (κ3) is 5.48. The number of nitrogens with zero attached hydrogens (tertiary/aromatic N) is 3. The summed E-state index contributed by atoms with van der Waals surface area (Å²) in [5.41, 5.74) is 7.33. The summed E-state index contributed by atoms with van der Waals surface area (Å²) < 4.78 is 0. The SMILES string of the molecule is Cc1cc(C)nc(SCc2ccc(C(=O)N/N=C\c3sccc3C)cc2)n1. The Morgan fingerprint density at radius 2 is 1.85 bits per heavy atom. The van der Waals surface area contributed by atoms with E-state index < -0.39 is 0 Å². The van der Waals surface area contributed by atoms with Gasteiger partial charge in [0.2, 0.25) is 0 Å². The minimum absolute atomic E-state index is 0.225. The molecule has 3 aromatic rings. The van der Waals surface area contributed by atoms with E-state index in [0.29, 0.717) is 5.56 Å². The van der Waals surface area contributed by atoms with Crippen LogP contribution in [0.3, 0.4) is 0 Å².